The van der Waals surface area contributed by atoms with Crippen molar-refractivity contribution in [3.05, 3.63) is 36.0 Å². The van der Waals surface area contributed by atoms with E-state index < -0.39 is 77.8 Å². The number of carbonyl (C=O) groups excluding carboxylic acids is 4. The van der Waals surface area contributed by atoms with E-state index in [2.05, 4.69) is 19.6 Å². The predicted octanol–water partition coefficient (Wildman–Crippen LogP) is 5.67. The fourth-order valence-electron chi connectivity index (χ4n) is 9.42. The molecule has 2 bridgehead atoms. The molecule has 2 saturated heterocycles. The van der Waals surface area contributed by atoms with Crippen molar-refractivity contribution < 1.29 is 53.1 Å². The molecule has 316 valence electrons. The van der Waals surface area contributed by atoms with E-state index in [0.717, 1.165) is 36.8 Å². The van der Waals surface area contributed by atoms with Crippen molar-refractivity contribution in [3.8, 4) is 0 Å². The van der Waals surface area contributed by atoms with Gasteiger partial charge in [-0.3, -0.25) is 14.4 Å². The lowest BCUT2D eigenvalue weighted by Gasteiger charge is -2.47. The van der Waals surface area contributed by atoms with Crippen molar-refractivity contribution in [3.63, 3.8) is 0 Å². The predicted molar refractivity (Wildman–Crippen MR) is 211 cm³/mol. The summed E-state index contributed by atoms with van der Waals surface area (Å²) in [5.74, 6) is -7.33. The van der Waals surface area contributed by atoms with Gasteiger partial charge in [0.05, 0.1) is 24.4 Å². The highest BCUT2D eigenvalue weighted by Crippen LogP contribution is 2.39. The van der Waals surface area contributed by atoms with E-state index >= 15 is 0 Å². The quantitative estimate of drug-likeness (QED) is 0.186. The summed E-state index contributed by atoms with van der Waals surface area (Å²) in [5, 5.41) is 23.7. The topological polar surface area (TPSA) is 158 Å². The highest BCUT2D eigenvalue weighted by Gasteiger charge is 2.56. The molecule has 4 aliphatic rings. The Morgan fingerprint density at radius 2 is 1.66 bits per heavy atom. The summed E-state index contributed by atoms with van der Waals surface area (Å²) in [7, 11) is 4.78. The van der Waals surface area contributed by atoms with E-state index in [1.165, 1.54) is 19.1 Å². The van der Waals surface area contributed by atoms with E-state index in [1.54, 1.807) is 27.0 Å². The molecule has 56 heavy (non-hydrogen) atoms. The van der Waals surface area contributed by atoms with Crippen molar-refractivity contribution in [2.24, 2.45) is 29.6 Å². The molecule has 0 spiro atoms. The molecule has 1 amide bonds. The molecule has 2 unspecified atom stereocenters. The van der Waals surface area contributed by atoms with Crippen LogP contribution in [0.1, 0.15) is 112 Å². The Morgan fingerprint density at radius 1 is 0.964 bits per heavy atom. The minimum absolute atomic E-state index is 0.0254. The van der Waals surface area contributed by atoms with Crippen LogP contribution in [-0.4, -0.2) is 115 Å². The Kier molecular flexibility index (Phi) is 17.1. The summed E-state index contributed by atoms with van der Waals surface area (Å²) >= 11 is 0. The zero-order chi connectivity index (χ0) is 41.3. The van der Waals surface area contributed by atoms with Crippen molar-refractivity contribution in [2.45, 2.75) is 160 Å². The van der Waals surface area contributed by atoms with Crippen LogP contribution in [0.25, 0.3) is 0 Å². The number of rotatable bonds is 7. The Bertz CT molecular complexity index is 1440. The third-order valence-corrected chi connectivity index (χ3v) is 12.8. The van der Waals surface area contributed by atoms with Crippen LogP contribution in [0.3, 0.4) is 0 Å². The summed E-state index contributed by atoms with van der Waals surface area (Å²) in [5.41, 5.74) is 1.71. The largest absolute Gasteiger partial charge is 0.456 e. The average molecular weight is 788 g/mol. The average Bonchev–Trinajstić information content (AvgIpc) is 3.18. The van der Waals surface area contributed by atoms with Crippen molar-refractivity contribution in [2.75, 3.05) is 27.9 Å². The second-order valence-corrected chi connectivity index (χ2v) is 17.1. The summed E-state index contributed by atoms with van der Waals surface area (Å²) in [4.78, 5) is 57.8. The van der Waals surface area contributed by atoms with Crippen molar-refractivity contribution in [1.29, 1.82) is 0 Å². The van der Waals surface area contributed by atoms with Crippen molar-refractivity contribution >= 4 is 23.4 Å². The smallest absolute Gasteiger partial charge is 0.329 e. The fourth-order valence-corrected chi connectivity index (χ4v) is 9.42. The van der Waals surface area contributed by atoms with Crippen LogP contribution in [0.5, 0.6) is 0 Å². The fraction of sp³-hybridized carbons (Fsp3) is 0.773. The number of hydrogen-bond acceptors (Lipinski definition) is 11. The van der Waals surface area contributed by atoms with Gasteiger partial charge in [-0.15, -0.1) is 6.58 Å². The van der Waals surface area contributed by atoms with E-state index in [0.29, 0.717) is 32.1 Å². The van der Waals surface area contributed by atoms with Gasteiger partial charge in [-0.2, -0.15) is 0 Å². The highest BCUT2D eigenvalue weighted by atomic mass is 16.7. The molecule has 4 rings (SSSR count). The maximum Gasteiger partial charge on any atom is 0.329 e. The summed E-state index contributed by atoms with van der Waals surface area (Å²) < 4.78 is 29.9. The molecule has 0 radical (unpaired) electrons. The number of hydrogen-bond donors (Lipinski definition) is 2. The van der Waals surface area contributed by atoms with Gasteiger partial charge in [-0.1, -0.05) is 51.0 Å². The number of aliphatic hydroxyl groups excluding tert-OH is 1. The van der Waals surface area contributed by atoms with Crippen LogP contribution < -0.4 is 0 Å². The monoisotopic (exact) mass is 787 g/mol. The van der Waals surface area contributed by atoms with Gasteiger partial charge >= 0.3 is 5.97 Å². The molecule has 3 fully saturated rings. The molecule has 3 aliphatic heterocycles. The molecule has 0 aromatic rings. The number of ether oxygens (including phenoxy) is 5. The minimum Gasteiger partial charge on any atom is -0.456 e. The third kappa shape index (κ3) is 11.0. The van der Waals surface area contributed by atoms with Gasteiger partial charge in [0.15, 0.2) is 0 Å². The molecule has 1 saturated carbocycles. The number of ketones is 2. The number of fused-ring (bicyclic) bond motifs is 3. The maximum atomic E-state index is 14.3. The third-order valence-electron chi connectivity index (χ3n) is 12.8. The lowest BCUT2D eigenvalue weighted by Crippen LogP contribution is -2.64. The number of esters is 1. The van der Waals surface area contributed by atoms with Gasteiger partial charge in [0.25, 0.3) is 11.7 Å². The highest BCUT2D eigenvalue weighted by molar-refractivity contribution is 6.39. The Balaban J connectivity index is 1.78. The molecular weight excluding hydrogens is 718 g/mol. The molecule has 13 atom stereocenters. The first-order valence-corrected chi connectivity index (χ1v) is 20.8. The molecule has 0 aromatic heterocycles. The van der Waals surface area contributed by atoms with Crippen LogP contribution in [0.2, 0.25) is 0 Å². The Hall–Kier alpha value is -2.74. The number of carbonyl (C=O) groups is 4. The normalized spacial score (nSPS) is 40.1. The molecule has 1 aliphatic carbocycles. The first-order chi connectivity index (χ1) is 26.6. The van der Waals surface area contributed by atoms with Gasteiger partial charge in [0.2, 0.25) is 5.79 Å². The first kappa shape index (κ1) is 46.0. The van der Waals surface area contributed by atoms with E-state index in [9.17, 15) is 29.4 Å². The molecule has 2 N–H and O–H groups in total. The van der Waals surface area contributed by atoms with E-state index in [1.807, 2.05) is 19.9 Å². The number of piperidine rings is 1. The van der Waals surface area contributed by atoms with Crippen LogP contribution in [-0.2, 0) is 42.9 Å². The molecule has 0 aromatic carbocycles. The number of Topliss-reactive ketones (excluding diaryl/α,β-unsaturated/α-hetero) is 2. The first-order valence-electron chi connectivity index (χ1n) is 20.8. The number of aliphatic hydroxyl groups is 2. The lowest BCUT2D eigenvalue weighted by molar-refractivity contribution is -0.302. The second-order valence-electron chi connectivity index (χ2n) is 17.1. The van der Waals surface area contributed by atoms with Crippen LogP contribution in [0.15, 0.2) is 36.0 Å². The Labute approximate surface area is 334 Å². The zero-order valence-electron chi connectivity index (χ0n) is 35.1. The lowest BCUT2D eigenvalue weighted by atomic mass is 9.82. The van der Waals surface area contributed by atoms with E-state index in [-0.39, 0.29) is 49.5 Å². The standard InChI is InChI=1S/C44H69NO11/c1-10-14-32-20-26(2)19-27(3)21-37(53-8)40-38(54-9)23-29(5)44(51,56-40)41(48)42(49)45-18-12-11-17-34(45)43(50)55-39(30(6)35(46)25-36(32)47)28(4)22-31-15-13-16-33(24-31)52-7/h10,20,22,27,29-35,37-40,46,51H,1,11-19,21,23-25H2,2-9H3/b26-20+,28-22+/t27-,29+,30+,31-,32+,33-,34?,35-,37-,38-,39+,40?,44+/m0/s1. The van der Waals surface area contributed by atoms with Gasteiger partial charge in [0.1, 0.15) is 24.0 Å². The summed E-state index contributed by atoms with van der Waals surface area (Å²) in [6.07, 6.45) is 8.43. The second kappa shape index (κ2) is 20.8. The van der Waals surface area contributed by atoms with Gasteiger partial charge in [-0.25, -0.2) is 4.79 Å². The zero-order valence-corrected chi connectivity index (χ0v) is 35.1. The number of cyclic esters (lactones) is 1. The number of nitrogens with zero attached hydrogens (tertiary/aromatic N) is 1. The van der Waals surface area contributed by atoms with Crippen LogP contribution in [0.4, 0.5) is 0 Å². The molecule has 12 heteroatoms. The van der Waals surface area contributed by atoms with Gasteiger partial charge in [0, 0.05) is 52.0 Å². The summed E-state index contributed by atoms with van der Waals surface area (Å²) in [6, 6.07) is -1.11. The number of methoxy groups -OCH3 is 3. The number of amides is 1. The minimum atomic E-state index is -2.49. The number of allylic oxidation sites excluding steroid dienone is 4. The Morgan fingerprint density at radius 3 is 2.32 bits per heavy atom. The van der Waals surface area contributed by atoms with Gasteiger partial charge in [-0.05, 0) is 95.5 Å². The maximum absolute atomic E-state index is 14.3. The van der Waals surface area contributed by atoms with Gasteiger partial charge < -0.3 is 38.8 Å². The SMILES string of the molecule is C=CC[C@@H]1/C=C(\C)C[C@H](C)C[C@H](OC)C2O[C@@](O)(C(=O)C(=O)N3CCCCC3C(=O)O[C@H](/C(C)=C/[C@@H]3CCC[C@H](OC)C3)[C@H](C)[C@@H](O)CC1=O)[C@H](C)C[C@@H]2OC. The molecular formula is C44H69NO11. The molecule has 3 heterocycles. The molecule has 12 nitrogen and oxygen atoms in total. The van der Waals surface area contributed by atoms with E-state index in [4.69, 9.17) is 23.7 Å². The summed E-state index contributed by atoms with van der Waals surface area (Å²) in [6.45, 7) is 13.3. The van der Waals surface area contributed by atoms with Crippen molar-refractivity contribution in [1.82, 2.24) is 4.90 Å². The van der Waals surface area contributed by atoms with Crippen LogP contribution >= 0.6 is 0 Å². The van der Waals surface area contributed by atoms with Crippen LogP contribution in [0, 0.1) is 29.6 Å².